The zero-order chi connectivity index (χ0) is 15.6. The van der Waals surface area contributed by atoms with Gasteiger partial charge in [0.15, 0.2) is 11.6 Å². The lowest BCUT2D eigenvalue weighted by Crippen LogP contribution is -2.53. The number of rotatable bonds is 5. The summed E-state index contributed by atoms with van der Waals surface area (Å²) in [6, 6.07) is 3.14. The Labute approximate surface area is 120 Å². The van der Waals surface area contributed by atoms with Crippen LogP contribution in [0.2, 0.25) is 0 Å². The van der Waals surface area contributed by atoms with Crippen LogP contribution in [0.4, 0.5) is 14.5 Å². The molecular weight excluding hydrogens is 282 g/mol. The molecule has 1 heterocycles. The van der Waals surface area contributed by atoms with Crippen LogP contribution in [0, 0.1) is 23.5 Å². The van der Waals surface area contributed by atoms with Gasteiger partial charge in [-0.05, 0) is 18.1 Å². The lowest BCUT2D eigenvalue weighted by Gasteiger charge is -2.40. The maximum absolute atomic E-state index is 13.0. The zero-order valence-electron chi connectivity index (χ0n) is 11.5. The highest BCUT2D eigenvalue weighted by Gasteiger charge is 2.35. The second kappa shape index (κ2) is 6.17. The van der Waals surface area contributed by atoms with Gasteiger partial charge in [-0.25, -0.2) is 8.78 Å². The number of anilines is 1. The first-order valence-electron chi connectivity index (χ1n) is 6.57. The quantitative estimate of drug-likeness (QED) is 0.865. The predicted octanol–water partition coefficient (Wildman–Crippen LogP) is 1.56. The molecule has 1 aliphatic rings. The molecule has 1 aliphatic heterocycles. The van der Waals surface area contributed by atoms with Crippen molar-refractivity contribution >= 4 is 17.6 Å². The fraction of sp³-hybridized carbons (Fsp3) is 0.429. The van der Waals surface area contributed by atoms with Crippen molar-refractivity contribution in [1.29, 1.82) is 0 Å². The van der Waals surface area contributed by atoms with E-state index >= 15 is 0 Å². The molecule has 1 aromatic carbocycles. The first-order chi connectivity index (χ1) is 9.86. The summed E-state index contributed by atoms with van der Waals surface area (Å²) >= 11 is 0. The van der Waals surface area contributed by atoms with E-state index in [1.165, 1.54) is 6.07 Å². The predicted molar refractivity (Wildman–Crippen MR) is 71.7 cm³/mol. The van der Waals surface area contributed by atoms with Crippen molar-refractivity contribution in [3.63, 3.8) is 0 Å². The number of nitrogens with one attached hydrogen (secondary N) is 1. The van der Waals surface area contributed by atoms with Gasteiger partial charge >= 0.3 is 5.97 Å². The number of hydrogen-bond donors (Lipinski definition) is 2. The summed E-state index contributed by atoms with van der Waals surface area (Å²) in [7, 11) is 0. The largest absolute Gasteiger partial charge is 0.481 e. The fourth-order valence-corrected chi connectivity index (χ4v) is 2.23. The van der Waals surface area contributed by atoms with Crippen molar-refractivity contribution in [3.05, 3.63) is 29.8 Å². The molecule has 5 nitrogen and oxygen atoms in total. The number of amides is 1. The number of likely N-dealkylation sites (tertiary alicyclic amines) is 1. The van der Waals surface area contributed by atoms with Gasteiger partial charge in [0.25, 0.3) is 0 Å². The molecule has 1 atom stereocenters. The molecule has 1 amide bonds. The maximum Gasteiger partial charge on any atom is 0.306 e. The van der Waals surface area contributed by atoms with E-state index in [1.54, 1.807) is 11.8 Å². The van der Waals surface area contributed by atoms with E-state index in [1.807, 2.05) is 0 Å². The third-order valence-corrected chi connectivity index (χ3v) is 3.65. The van der Waals surface area contributed by atoms with Gasteiger partial charge in [-0.3, -0.25) is 14.5 Å². The average molecular weight is 298 g/mol. The van der Waals surface area contributed by atoms with E-state index in [0.717, 1.165) is 12.1 Å². The van der Waals surface area contributed by atoms with E-state index < -0.39 is 23.5 Å². The van der Waals surface area contributed by atoms with Gasteiger partial charge in [0, 0.05) is 24.8 Å². The van der Waals surface area contributed by atoms with Gasteiger partial charge in [-0.2, -0.15) is 0 Å². The van der Waals surface area contributed by atoms with Gasteiger partial charge in [0.2, 0.25) is 5.91 Å². The molecule has 0 aromatic heterocycles. The van der Waals surface area contributed by atoms with Crippen molar-refractivity contribution in [2.45, 2.75) is 6.92 Å². The average Bonchev–Trinajstić information content (AvgIpc) is 2.37. The molecule has 0 bridgehead atoms. The number of carbonyl (C=O) groups excluding carboxylic acids is 1. The number of carboxylic acids is 1. The van der Waals surface area contributed by atoms with Crippen LogP contribution in [-0.4, -0.2) is 41.5 Å². The van der Waals surface area contributed by atoms with Gasteiger partial charge in [0.1, 0.15) is 0 Å². The SMILES string of the molecule is CC(C(=O)O)C1CN(CC(=O)Nc2ccc(F)c(F)c2)C1. The van der Waals surface area contributed by atoms with E-state index in [4.69, 9.17) is 5.11 Å². The van der Waals surface area contributed by atoms with Crippen LogP contribution in [0.25, 0.3) is 0 Å². The minimum Gasteiger partial charge on any atom is -0.481 e. The summed E-state index contributed by atoms with van der Waals surface area (Å²) in [5.41, 5.74) is 0.190. The molecular formula is C14H16F2N2O3. The van der Waals surface area contributed by atoms with Crippen molar-refractivity contribution in [1.82, 2.24) is 4.90 Å². The molecule has 7 heteroatoms. The molecule has 21 heavy (non-hydrogen) atoms. The number of nitrogens with zero attached hydrogens (tertiary/aromatic N) is 1. The summed E-state index contributed by atoms with van der Waals surface area (Å²) in [6.07, 6.45) is 0. The molecule has 2 rings (SSSR count). The minimum atomic E-state index is -1.02. The standard InChI is InChI=1S/C14H16F2N2O3/c1-8(14(20)21)9-5-18(6-9)7-13(19)17-10-2-3-11(15)12(16)4-10/h2-4,8-9H,5-7H2,1H3,(H,17,19)(H,20,21). The number of hydrogen-bond acceptors (Lipinski definition) is 3. The van der Waals surface area contributed by atoms with Gasteiger partial charge in [-0.15, -0.1) is 0 Å². The van der Waals surface area contributed by atoms with Gasteiger partial charge in [-0.1, -0.05) is 6.92 Å². The number of carbonyl (C=O) groups is 2. The van der Waals surface area contributed by atoms with Crippen molar-refractivity contribution < 1.29 is 23.5 Å². The normalized spacial score (nSPS) is 17.1. The van der Waals surface area contributed by atoms with Gasteiger partial charge < -0.3 is 10.4 Å². The van der Waals surface area contributed by atoms with E-state index in [2.05, 4.69) is 5.32 Å². The second-order valence-corrected chi connectivity index (χ2v) is 5.26. The lowest BCUT2D eigenvalue weighted by atomic mass is 9.87. The van der Waals surface area contributed by atoms with E-state index in [-0.39, 0.29) is 24.1 Å². The summed E-state index contributed by atoms with van der Waals surface area (Å²) in [6.45, 7) is 2.82. The summed E-state index contributed by atoms with van der Waals surface area (Å²) in [5, 5.41) is 11.3. The van der Waals surface area contributed by atoms with Crippen molar-refractivity contribution in [2.75, 3.05) is 25.0 Å². The van der Waals surface area contributed by atoms with E-state index in [0.29, 0.717) is 13.1 Å². The molecule has 0 spiro atoms. The monoisotopic (exact) mass is 298 g/mol. The smallest absolute Gasteiger partial charge is 0.306 e. The molecule has 0 saturated carbocycles. The van der Waals surface area contributed by atoms with Crippen molar-refractivity contribution in [3.8, 4) is 0 Å². The third-order valence-electron chi connectivity index (χ3n) is 3.65. The summed E-state index contributed by atoms with van der Waals surface area (Å²) < 4.78 is 25.7. The van der Waals surface area contributed by atoms with Crippen LogP contribution >= 0.6 is 0 Å². The Morgan fingerprint density at radius 3 is 2.62 bits per heavy atom. The highest BCUT2D eigenvalue weighted by atomic mass is 19.2. The number of aliphatic carboxylic acids is 1. The molecule has 0 radical (unpaired) electrons. The number of benzene rings is 1. The fourth-order valence-electron chi connectivity index (χ4n) is 2.23. The second-order valence-electron chi connectivity index (χ2n) is 5.26. The zero-order valence-corrected chi connectivity index (χ0v) is 11.5. The topological polar surface area (TPSA) is 69.6 Å². The Kier molecular flexibility index (Phi) is 4.52. The van der Waals surface area contributed by atoms with Gasteiger partial charge in [0.05, 0.1) is 12.5 Å². The summed E-state index contributed by atoms with van der Waals surface area (Å²) in [5.74, 6) is -3.57. The Morgan fingerprint density at radius 1 is 1.38 bits per heavy atom. The molecule has 1 unspecified atom stereocenters. The van der Waals surface area contributed by atoms with Crippen molar-refractivity contribution in [2.24, 2.45) is 11.8 Å². The Bertz CT molecular complexity index is 559. The van der Waals surface area contributed by atoms with Crippen LogP contribution in [0.15, 0.2) is 18.2 Å². The molecule has 0 aliphatic carbocycles. The van der Waals surface area contributed by atoms with Crippen LogP contribution in [0.5, 0.6) is 0 Å². The maximum atomic E-state index is 13.0. The molecule has 1 fully saturated rings. The lowest BCUT2D eigenvalue weighted by molar-refractivity contribution is -0.145. The molecule has 1 aromatic rings. The number of carboxylic acid groups (broad SMARTS) is 1. The highest BCUT2D eigenvalue weighted by molar-refractivity contribution is 5.92. The highest BCUT2D eigenvalue weighted by Crippen LogP contribution is 2.23. The third kappa shape index (κ3) is 3.75. The Balaban J connectivity index is 1.79. The Morgan fingerprint density at radius 2 is 2.05 bits per heavy atom. The molecule has 114 valence electrons. The minimum absolute atomic E-state index is 0.0403. The van der Waals surface area contributed by atoms with E-state index in [9.17, 15) is 18.4 Å². The first-order valence-corrected chi connectivity index (χ1v) is 6.57. The molecule has 2 N–H and O–H groups in total. The number of halogens is 2. The summed E-state index contributed by atoms with van der Waals surface area (Å²) in [4.78, 5) is 24.3. The van der Waals surface area contributed by atoms with Crippen LogP contribution in [0.3, 0.4) is 0 Å². The Hall–Kier alpha value is -2.02. The van der Waals surface area contributed by atoms with Crippen LogP contribution in [-0.2, 0) is 9.59 Å². The van der Waals surface area contributed by atoms with Crippen LogP contribution in [0.1, 0.15) is 6.92 Å². The van der Waals surface area contributed by atoms with Crippen LogP contribution < -0.4 is 5.32 Å². The molecule has 1 saturated heterocycles. The first kappa shape index (κ1) is 15.4.